The molecule has 168 valence electrons. The number of oxime groups is 1. The molecule has 9 nitrogen and oxygen atoms in total. The maximum atomic E-state index is 12.9. The predicted molar refractivity (Wildman–Crippen MR) is 105 cm³/mol. The lowest BCUT2D eigenvalue weighted by atomic mass is 9.81. The molecule has 0 unspecified atom stereocenters. The van der Waals surface area contributed by atoms with E-state index in [0.717, 1.165) is 30.3 Å². The summed E-state index contributed by atoms with van der Waals surface area (Å²) in [6.45, 7) is 0. The van der Waals surface area contributed by atoms with E-state index in [2.05, 4.69) is 5.16 Å². The Morgan fingerprint density at radius 3 is 2.47 bits per heavy atom. The maximum absolute atomic E-state index is 12.9. The molecular weight excluding hydrogens is 435 g/mol. The van der Waals surface area contributed by atoms with Crippen LogP contribution in [-0.2, 0) is 11.0 Å². The van der Waals surface area contributed by atoms with Crippen molar-refractivity contribution in [1.29, 1.82) is 0 Å². The molecule has 0 spiro atoms. The number of alkyl halides is 3. The summed E-state index contributed by atoms with van der Waals surface area (Å²) < 4.78 is 38.6. The SMILES string of the molecule is O=C(O/N=C1/CCCC[C@@H]1c1ccc([N+](=O)[O-])cc1[N+](=O)[O-])c1cccc(C(F)(F)F)c1. The number of halogens is 3. The minimum absolute atomic E-state index is 0.189. The number of nitro groups is 2. The first-order valence-corrected chi connectivity index (χ1v) is 9.46. The second-order valence-corrected chi connectivity index (χ2v) is 7.10. The van der Waals surface area contributed by atoms with E-state index < -0.39 is 44.8 Å². The number of rotatable bonds is 5. The van der Waals surface area contributed by atoms with Gasteiger partial charge in [-0.1, -0.05) is 17.6 Å². The van der Waals surface area contributed by atoms with Gasteiger partial charge in [0.25, 0.3) is 11.4 Å². The van der Waals surface area contributed by atoms with Crippen molar-refractivity contribution in [2.24, 2.45) is 5.16 Å². The largest absolute Gasteiger partial charge is 0.416 e. The van der Waals surface area contributed by atoms with Crippen molar-refractivity contribution in [2.75, 3.05) is 0 Å². The Morgan fingerprint density at radius 2 is 1.81 bits per heavy atom. The minimum Gasteiger partial charge on any atom is -0.313 e. The highest BCUT2D eigenvalue weighted by atomic mass is 19.4. The van der Waals surface area contributed by atoms with Crippen LogP contribution < -0.4 is 0 Å². The first kappa shape index (κ1) is 22.8. The Labute approximate surface area is 178 Å². The Kier molecular flexibility index (Phi) is 6.51. The summed E-state index contributed by atoms with van der Waals surface area (Å²) in [6.07, 6.45) is -2.50. The number of non-ortho nitro benzene ring substituents is 1. The average molecular weight is 451 g/mol. The van der Waals surface area contributed by atoms with E-state index in [1.54, 1.807) is 0 Å². The van der Waals surface area contributed by atoms with E-state index in [-0.39, 0.29) is 11.1 Å². The Balaban J connectivity index is 1.88. The zero-order chi connectivity index (χ0) is 23.5. The molecule has 0 radical (unpaired) electrons. The van der Waals surface area contributed by atoms with Gasteiger partial charge >= 0.3 is 12.1 Å². The van der Waals surface area contributed by atoms with E-state index >= 15 is 0 Å². The summed E-state index contributed by atoms with van der Waals surface area (Å²) >= 11 is 0. The highest BCUT2D eigenvalue weighted by Gasteiger charge is 2.32. The molecule has 2 aromatic rings. The van der Waals surface area contributed by atoms with Gasteiger partial charge in [0.1, 0.15) is 0 Å². The Hall–Kier alpha value is -3.83. The number of carbonyl (C=O) groups is 1. The van der Waals surface area contributed by atoms with Crippen molar-refractivity contribution in [1.82, 2.24) is 0 Å². The molecule has 1 aliphatic rings. The lowest BCUT2D eigenvalue weighted by Crippen LogP contribution is -2.20. The average Bonchev–Trinajstić information content (AvgIpc) is 2.76. The summed E-state index contributed by atoms with van der Waals surface area (Å²) in [5.74, 6) is -1.73. The highest BCUT2D eigenvalue weighted by Crippen LogP contribution is 2.38. The summed E-state index contributed by atoms with van der Waals surface area (Å²) in [5, 5.41) is 26.2. The van der Waals surface area contributed by atoms with Crippen LogP contribution >= 0.6 is 0 Å². The molecule has 0 aromatic heterocycles. The van der Waals surface area contributed by atoms with E-state index in [1.165, 1.54) is 6.07 Å². The molecule has 0 amide bonds. The van der Waals surface area contributed by atoms with Gasteiger partial charge in [0.05, 0.1) is 32.8 Å². The Morgan fingerprint density at radius 1 is 1.06 bits per heavy atom. The van der Waals surface area contributed by atoms with Crippen LogP contribution in [0.4, 0.5) is 24.5 Å². The first-order valence-electron chi connectivity index (χ1n) is 9.46. The topological polar surface area (TPSA) is 125 Å². The number of carbonyl (C=O) groups excluding carboxylic acids is 1. The summed E-state index contributed by atoms with van der Waals surface area (Å²) in [4.78, 5) is 38.0. The van der Waals surface area contributed by atoms with Gasteiger partial charge in [0.2, 0.25) is 0 Å². The van der Waals surface area contributed by atoms with Crippen molar-refractivity contribution in [3.05, 3.63) is 79.4 Å². The van der Waals surface area contributed by atoms with Gasteiger partial charge in [-0.2, -0.15) is 13.2 Å². The molecule has 1 aliphatic carbocycles. The van der Waals surface area contributed by atoms with E-state index in [9.17, 15) is 38.2 Å². The number of hydrogen-bond donors (Lipinski definition) is 0. The van der Waals surface area contributed by atoms with Crippen LogP contribution in [0, 0.1) is 20.2 Å². The molecule has 12 heteroatoms. The van der Waals surface area contributed by atoms with Gasteiger partial charge in [-0.05, 0) is 43.5 Å². The molecule has 0 heterocycles. The van der Waals surface area contributed by atoms with Crippen LogP contribution in [0.2, 0.25) is 0 Å². The van der Waals surface area contributed by atoms with E-state index in [0.29, 0.717) is 37.5 Å². The van der Waals surface area contributed by atoms with Crippen molar-refractivity contribution < 1.29 is 32.6 Å². The molecule has 0 saturated heterocycles. The molecule has 1 saturated carbocycles. The smallest absolute Gasteiger partial charge is 0.313 e. The molecule has 32 heavy (non-hydrogen) atoms. The number of benzene rings is 2. The molecule has 0 bridgehead atoms. The Bertz CT molecular complexity index is 1100. The van der Waals surface area contributed by atoms with E-state index in [1.807, 2.05) is 0 Å². The summed E-state index contributed by atoms with van der Waals surface area (Å²) in [6, 6.07) is 6.94. The van der Waals surface area contributed by atoms with Gasteiger partial charge in [0, 0.05) is 17.5 Å². The maximum Gasteiger partial charge on any atom is 0.416 e. The highest BCUT2D eigenvalue weighted by molar-refractivity contribution is 5.94. The van der Waals surface area contributed by atoms with Crippen molar-refractivity contribution >= 4 is 23.1 Å². The monoisotopic (exact) mass is 451 g/mol. The van der Waals surface area contributed by atoms with Crippen LogP contribution in [0.25, 0.3) is 0 Å². The first-order chi connectivity index (χ1) is 15.1. The zero-order valence-electron chi connectivity index (χ0n) is 16.4. The second-order valence-electron chi connectivity index (χ2n) is 7.10. The molecule has 0 N–H and O–H groups in total. The lowest BCUT2D eigenvalue weighted by molar-refractivity contribution is -0.394. The van der Waals surface area contributed by atoms with Crippen LogP contribution in [-0.4, -0.2) is 21.5 Å². The van der Waals surface area contributed by atoms with Crippen molar-refractivity contribution in [3.63, 3.8) is 0 Å². The minimum atomic E-state index is -4.63. The fourth-order valence-corrected chi connectivity index (χ4v) is 3.51. The van der Waals surface area contributed by atoms with Crippen molar-refractivity contribution in [2.45, 2.75) is 37.8 Å². The molecule has 1 atom stereocenters. The molecule has 3 rings (SSSR count). The molecule has 0 aliphatic heterocycles. The van der Waals surface area contributed by atoms with Gasteiger partial charge in [0.15, 0.2) is 0 Å². The summed E-state index contributed by atoms with van der Waals surface area (Å²) in [5.41, 5.74) is -1.77. The predicted octanol–water partition coefficient (Wildman–Crippen LogP) is 5.39. The van der Waals surface area contributed by atoms with Crippen LogP contribution in [0.1, 0.15) is 53.1 Å². The lowest BCUT2D eigenvalue weighted by Gasteiger charge is -2.23. The third-order valence-electron chi connectivity index (χ3n) is 5.05. The molecule has 2 aromatic carbocycles. The number of nitro benzene ring substituents is 2. The number of nitrogens with zero attached hydrogens (tertiary/aromatic N) is 3. The normalized spacial score (nSPS) is 17.7. The van der Waals surface area contributed by atoms with Gasteiger partial charge in [-0.3, -0.25) is 20.2 Å². The molecule has 1 fully saturated rings. The second kappa shape index (κ2) is 9.12. The summed E-state index contributed by atoms with van der Waals surface area (Å²) in [7, 11) is 0. The third kappa shape index (κ3) is 5.07. The number of hydrogen-bond acceptors (Lipinski definition) is 7. The van der Waals surface area contributed by atoms with Gasteiger partial charge in [-0.15, -0.1) is 0 Å². The fourth-order valence-electron chi connectivity index (χ4n) is 3.51. The standard InChI is InChI=1S/C20H16F3N3O6/c21-20(22,23)13-5-3-4-12(10-13)19(27)32-24-17-7-2-1-6-15(17)16-9-8-14(25(28)29)11-18(16)26(30)31/h3-5,8-11,15H,1-2,6-7H2/b24-17-/t15-/m1/s1. The fraction of sp³-hybridized carbons (Fsp3) is 0.300. The van der Waals surface area contributed by atoms with Crippen LogP contribution in [0.5, 0.6) is 0 Å². The van der Waals surface area contributed by atoms with Gasteiger partial charge < -0.3 is 4.84 Å². The molecular formula is C20H16F3N3O6. The van der Waals surface area contributed by atoms with Crippen LogP contribution in [0.15, 0.2) is 47.6 Å². The van der Waals surface area contributed by atoms with E-state index in [4.69, 9.17) is 4.84 Å². The zero-order valence-corrected chi connectivity index (χ0v) is 16.4. The van der Waals surface area contributed by atoms with Gasteiger partial charge in [-0.25, -0.2) is 4.79 Å². The quantitative estimate of drug-likeness (QED) is 0.341. The third-order valence-corrected chi connectivity index (χ3v) is 5.05. The van der Waals surface area contributed by atoms with Crippen LogP contribution in [0.3, 0.4) is 0 Å². The van der Waals surface area contributed by atoms with Crippen molar-refractivity contribution in [3.8, 4) is 0 Å².